The minimum Gasteiger partial charge on any atom is -0.336 e. The highest BCUT2D eigenvalue weighted by molar-refractivity contribution is 6.09. The van der Waals surface area contributed by atoms with E-state index in [2.05, 4.69) is 219 Å². The summed E-state index contributed by atoms with van der Waals surface area (Å²) in [7, 11) is 0. The Labute approximate surface area is 302 Å². The Bertz CT molecular complexity index is 2300. The Balaban J connectivity index is 1.17. The number of hydrogen-bond donors (Lipinski definition) is 0. The van der Waals surface area contributed by atoms with E-state index in [1.54, 1.807) is 0 Å². The van der Waals surface area contributed by atoms with Crippen LogP contribution in [0.4, 0.5) is 22.7 Å². The molecule has 0 unspecified atom stereocenters. The van der Waals surface area contributed by atoms with Gasteiger partial charge in [0.2, 0.25) is 0 Å². The number of rotatable bonds is 10. The monoisotopic (exact) mass is 663 g/mol. The van der Waals surface area contributed by atoms with Crippen LogP contribution in [0.2, 0.25) is 0 Å². The predicted molar refractivity (Wildman–Crippen MR) is 221 cm³/mol. The summed E-state index contributed by atoms with van der Waals surface area (Å²) < 4.78 is 2.35. The third-order valence-electron chi connectivity index (χ3n) is 9.51. The first-order valence-electron chi connectivity index (χ1n) is 17.7. The van der Waals surface area contributed by atoms with Gasteiger partial charge in [-0.15, -0.1) is 0 Å². The first-order chi connectivity index (χ1) is 24.7. The molecule has 0 N–H and O–H groups in total. The van der Waals surface area contributed by atoms with Crippen LogP contribution in [0.15, 0.2) is 183 Å². The lowest BCUT2D eigenvalue weighted by Gasteiger charge is -2.39. The van der Waals surface area contributed by atoms with Crippen molar-refractivity contribution in [1.82, 2.24) is 4.57 Å². The summed E-state index contributed by atoms with van der Waals surface area (Å²) in [5.74, 6) is 0. The van der Waals surface area contributed by atoms with Crippen molar-refractivity contribution < 1.29 is 0 Å². The van der Waals surface area contributed by atoms with Crippen molar-refractivity contribution in [3.63, 3.8) is 0 Å². The van der Waals surface area contributed by atoms with Crippen molar-refractivity contribution in [2.45, 2.75) is 39.7 Å². The maximum absolute atomic E-state index is 4.49. The molecule has 0 radical (unpaired) electrons. The van der Waals surface area contributed by atoms with Gasteiger partial charge in [0.05, 0.1) is 11.0 Å². The molecule has 1 heterocycles. The molecule has 252 valence electrons. The van der Waals surface area contributed by atoms with Crippen LogP contribution in [-0.4, -0.2) is 10.1 Å². The van der Waals surface area contributed by atoms with E-state index in [0.29, 0.717) is 0 Å². The Hall–Kier alpha value is -6.06. The van der Waals surface area contributed by atoms with Crippen molar-refractivity contribution in [3.8, 4) is 5.69 Å². The van der Waals surface area contributed by atoms with Crippen molar-refractivity contribution in [2.24, 2.45) is 0 Å². The molecule has 0 amide bonds. The van der Waals surface area contributed by atoms with Gasteiger partial charge in [-0.25, -0.2) is 0 Å². The van der Waals surface area contributed by atoms with Crippen LogP contribution in [0.5, 0.6) is 0 Å². The lowest BCUT2D eigenvalue weighted by molar-refractivity contribution is 0.545. The molecule has 0 bridgehead atoms. The second-order valence-electron chi connectivity index (χ2n) is 13.9. The van der Waals surface area contributed by atoms with Gasteiger partial charge in [-0.2, -0.15) is 0 Å². The van der Waals surface area contributed by atoms with Crippen molar-refractivity contribution >= 4 is 50.1 Å². The van der Waals surface area contributed by atoms with Gasteiger partial charge in [0, 0.05) is 50.4 Å². The van der Waals surface area contributed by atoms with Gasteiger partial charge >= 0.3 is 0 Å². The fourth-order valence-electron chi connectivity index (χ4n) is 7.14. The molecule has 6 aromatic carbocycles. The number of nitrogens with zero attached hydrogens (tertiary/aromatic N) is 3. The number of anilines is 4. The molecule has 0 fully saturated rings. The summed E-state index contributed by atoms with van der Waals surface area (Å²) in [5, 5.41) is 2.52. The number of allylic oxidation sites excluding steroid dienone is 3. The molecule has 0 saturated carbocycles. The molecular weight excluding hydrogens is 619 g/mol. The molecule has 7 aromatic rings. The maximum Gasteiger partial charge on any atom is 0.0541 e. The largest absolute Gasteiger partial charge is 0.336 e. The predicted octanol–water partition coefficient (Wildman–Crippen LogP) is 13.2. The van der Waals surface area contributed by atoms with E-state index in [9.17, 15) is 0 Å². The normalized spacial score (nSPS) is 11.7. The van der Waals surface area contributed by atoms with Gasteiger partial charge in [0.1, 0.15) is 0 Å². The Morgan fingerprint density at radius 2 is 1.10 bits per heavy atom. The minimum atomic E-state index is -0.141. The van der Waals surface area contributed by atoms with Gasteiger partial charge in [-0.3, -0.25) is 0 Å². The minimum absolute atomic E-state index is 0.141. The van der Waals surface area contributed by atoms with Crippen LogP contribution in [0.1, 0.15) is 38.8 Å². The van der Waals surface area contributed by atoms with Crippen molar-refractivity contribution in [1.29, 1.82) is 0 Å². The van der Waals surface area contributed by atoms with E-state index < -0.39 is 0 Å². The Morgan fingerprint density at radius 1 is 0.588 bits per heavy atom. The number of aryl methyl sites for hydroxylation is 1. The quantitative estimate of drug-likeness (QED) is 0.135. The standard InChI is InChI=1S/C48H45N3/c1-7-37-17-11-14-22-45(37)51(48(4,5)6)36(3)26-25-35(2)38-27-29-40(30-28-38)49(39-18-9-8-10-19-39)41-31-33-42(34-32-41)50-46-23-15-12-20-43(46)44-21-13-16-24-47(44)50/h8-34H,2-3,7H2,1,4-6H3/b26-25-. The number of aromatic nitrogens is 1. The molecule has 0 saturated heterocycles. The highest BCUT2D eigenvalue weighted by Gasteiger charge is 2.25. The molecule has 1 aromatic heterocycles. The molecular formula is C48H45N3. The van der Waals surface area contributed by atoms with E-state index in [4.69, 9.17) is 0 Å². The summed E-state index contributed by atoms with van der Waals surface area (Å²) >= 11 is 0. The van der Waals surface area contributed by atoms with Gasteiger partial charge < -0.3 is 14.4 Å². The van der Waals surface area contributed by atoms with Crippen molar-refractivity contribution in [3.05, 3.63) is 194 Å². The number of fused-ring (bicyclic) bond motifs is 3. The van der Waals surface area contributed by atoms with Crippen LogP contribution in [-0.2, 0) is 6.42 Å². The summed E-state index contributed by atoms with van der Waals surface area (Å²) in [6, 6.07) is 53.9. The zero-order valence-electron chi connectivity index (χ0n) is 30.1. The molecule has 0 aliphatic heterocycles. The zero-order chi connectivity index (χ0) is 35.5. The molecule has 3 heteroatoms. The average molecular weight is 664 g/mol. The molecule has 0 aliphatic rings. The zero-order valence-corrected chi connectivity index (χ0v) is 30.1. The third-order valence-corrected chi connectivity index (χ3v) is 9.51. The second-order valence-corrected chi connectivity index (χ2v) is 13.9. The highest BCUT2D eigenvalue weighted by Crippen LogP contribution is 2.38. The van der Waals surface area contributed by atoms with E-state index >= 15 is 0 Å². The Morgan fingerprint density at radius 3 is 1.69 bits per heavy atom. The number of benzene rings is 6. The topological polar surface area (TPSA) is 11.4 Å². The molecule has 7 rings (SSSR count). The van der Waals surface area contributed by atoms with Crippen LogP contribution in [0, 0.1) is 0 Å². The Kier molecular flexibility index (Phi) is 9.21. The summed E-state index contributed by atoms with van der Waals surface area (Å²) in [5.41, 5.74) is 12.1. The number of para-hydroxylation sites is 4. The first-order valence-corrected chi connectivity index (χ1v) is 17.7. The fraction of sp³-hybridized carbons (Fsp3) is 0.125. The highest BCUT2D eigenvalue weighted by atomic mass is 15.2. The van der Waals surface area contributed by atoms with Crippen molar-refractivity contribution in [2.75, 3.05) is 9.80 Å². The number of hydrogen-bond acceptors (Lipinski definition) is 2. The van der Waals surface area contributed by atoms with E-state index in [1.165, 1.54) is 33.1 Å². The van der Waals surface area contributed by atoms with E-state index in [1.807, 2.05) is 0 Å². The molecule has 0 atom stereocenters. The molecule has 3 nitrogen and oxygen atoms in total. The first kappa shape index (κ1) is 33.4. The molecule has 51 heavy (non-hydrogen) atoms. The van der Waals surface area contributed by atoms with Gasteiger partial charge in [0.15, 0.2) is 0 Å². The summed E-state index contributed by atoms with van der Waals surface area (Å²) in [4.78, 5) is 4.62. The van der Waals surface area contributed by atoms with Gasteiger partial charge in [0.25, 0.3) is 0 Å². The van der Waals surface area contributed by atoms with E-state index in [-0.39, 0.29) is 5.54 Å². The SMILES string of the molecule is C=C(/C=C\C(=C)N(c1ccccc1CC)C(C)(C)C)c1ccc(N(c2ccccc2)c2ccc(-n3c4ccccc4c4ccccc43)cc2)cc1. The van der Waals surface area contributed by atoms with Crippen LogP contribution in [0.3, 0.4) is 0 Å². The van der Waals surface area contributed by atoms with E-state index in [0.717, 1.165) is 46.0 Å². The maximum atomic E-state index is 4.49. The van der Waals surface area contributed by atoms with Gasteiger partial charge in [-0.1, -0.05) is 111 Å². The molecule has 0 aliphatic carbocycles. The smallest absolute Gasteiger partial charge is 0.0541 e. The van der Waals surface area contributed by atoms with Crippen LogP contribution in [0.25, 0.3) is 33.1 Å². The summed E-state index contributed by atoms with van der Waals surface area (Å²) in [6.45, 7) is 17.8. The van der Waals surface area contributed by atoms with Crippen LogP contribution >= 0.6 is 0 Å². The lowest BCUT2D eigenvalue weighted by atomic mass is 9.99. The fourth-order valence-corrected chi connectivity index (χ4v) is 7.14. The summed E-state index contributed by atoms with van der Waals surface area (Å²) in [6.07, 6.45) is 5.13. The van der Waals surface area contributed by atoms with Crippen LogP contribution < -0.4 is 9.80 Å². The average Bonchev–Trinajstić information content (AvgIpc) is 3.49. The van der Waals surface area contributed by atoms with Gasteiger partial charge in [-0.05, 0) is 117 Å². The molecule has 0 spiro atoms. The lowest BCUT2D eigenvalue weighted by Crippen LogP contribution is -2.40. The second kappa shape index (κ2) is 14.0. The third kappa shape index (κ3) is 6.63.